The van der Waals surface area contributed by atoms with E-state index in [1.165, 1.54) is 16.5 Å². The van der Waals surface area contributed by atoms with Gasteiger partial charge in [-0.25, -0.2) is 4.99 Å². The van der Waals surface area contributed by atoms with Crippen molar-refractivity contribution in [1.29, 1.82) is 0 Å². The SMILES string of the molecule is COc1ccc(C2=N/C(=C\c3cn(C)c4ccccc34)C(=O)N2CCc2c[nH]c3ccc(C)cc23)cc1. The topological polar surface area (TPSA) is 62.6 Å². The van der Waals surface area contributed by atoms with Gasteiger partial charge in [0.2, 0.25) is 0 Å². The van der Waals surface area contributed by atoms with E-state index in [0.717, 1.165) is 33.3 Å². The Balaban J connectivity index is 1.37. The number of aryl methyl sites for hydroxylation is 2. The number of aromatic nitrogens is 2. The van der Waals surface area contributed by atoms with E-state index in [9.17, 15) is 4.79 Å². The van der Waals surface area contributed by atoms with Crippen molar-refractivity contribution in [2.45, 2.75) is 13.3 Å². The van der Waals surface area contributed by atoms with Crippen LogP contribution in [0, 0.1) is 6.92 Å². The standard InChI is InChI=1S/C31H28N4O2/c1-20-8-13-27-26(16-20)22(18-32-27)14-15-35-30(21-9-11-24(37-3)12-10-21)33-28(31(35)36)17-23-19-34(2)29-7-5-4-6-25(23)29/h4-13,16-19,32H,14-15H2,1-3H3/b28-17-. The number of ether oxygens (including phenoxy) is 1. The van der Waals surface area contributed by atoms with E-state index in [-0.39, 0.29) is 5.91 Å². The number of benzene rings is 3. The van der Waals surface area contributed by atoms with Gasteiger partial charge in [0.1, 0.15) is 17.3 Å². The van der Waals surface area contributed by atoms with Crippen LogP contribution in [0.5, 0.6) is 5.75 Å². The van der Waals surface area contributed by atoms with Crippen LogP contribution in [0.25, 0.3) is 27.9 Å². The minimum atomic E-state index is -0.0882. The smallest absolute Gasteiger partial charge is 0.278 e. The number of H-pyrrole nitrogens is 1. The Hall–Kier alpha value is -4.58. The average molecular weight is 489 g/mol. The summed E-state index contributed by atoms with van der Waals surface area (Å²) >= 11 is 0. The minimum Gasteiger partial charge on any atom is -0.497 e. The first kappa shape index (κ1) is 22.9. The Morgan fingerprint density at radius 3 is 2.65 bits per heavy atom. The largest absolute Gasteiger partial charge is 0.497 e. The summed E-state index contributed by atoms with van der Waals surface area (Å²) in [5.41, 5.74) is 6.92. The number of fused-ring (bicyclic) bond motifs is 2. The molecule has 0 saturated carbocycles. The van der Waals surface area contributed by atoms with Crippen molar-refractivity contribution in [3.8, 4) is 5.75 Å². The number of hydrogen-bond acceptors (Lipinski definition) is 3. The first-order valence-corrected chi connectivity index (χ1v) is 12.4. The van der Waals surface area contributed by atoms with Crippen molar-refractivity contribution in [3.05, 3.63) is 107 Å². The first-order chi connectivity index (χ1) is 18.0. The number of carbonyl (C=O) groups is 1. The second kappa shape index (κ2) is 9.13. The molecule has 6 rings (SSSR count). The fourth-order valence-electron chi connectivity index (χ4n) is 5.09. The molecule has 3 heterocycles. The molecule has 1 amide bonds. The second-order valence-electron chi connectivity index (χ2n) is 9.48. The van der Waals surface area contributed by atoms with Crippen LogP contribution in [0.2, 0.25) is 0 Å². The summed E-state index contributed by atoms with van der Waals surface area (Å²) in [5, 5.41) is 2.29. The maximum atomic E-state index is 13.7. The molecule has 3 aromatic carbocycles. The van der Waals surface area contributed by atoms with E-state index in [0.29, 0.717) is 24.5 Å². The van der Waals surface area contributed by atoms with Gasteiger partial charge in [0.15, 0.2) is 0 Å². The van der Waals surface area contributed by atoms with E-state index >= 15 is 0 Å². The highest BCUT2D eigenvalue weighted by Gasteiger charge is 2.31. The monoisotopic (exact) mass is 488 g/mol. The van der Waals surface area contributed by atoms with E-state index in [1.54, 1.807) is 12.0 Å². The fraction of sp³-hybridized carbons (Fsp3) is 0.161. The summed E-state index contributed by atoms with van der Waals surface area (Å²) in [5.74, 6) is 1.34. The van der Waals surface area contributed by atoms with Gasteiger partial charge in [0.05, 0.1) is 7.11 Å². The number of carbonyl (C=O) groups excluding carboxylic acids is 1. The van der Waals surface area contributed by atoms with Crippen LogP contribution in [0.3, 0.4) is 0 Å². The molecule has 0 spiro atoms. The van der Waals surface area contributed by atoms with E-state index in [1.807, 2.05) is 61.9 Å². The van der Waals surface area contributed by atoms with Crippen molar-refractivity contribution < 1.29 is 9.53 Å². The maximum absolute atomic E-state index is 13.7. The number of amides is 1. The Kier molecular flexibility index (Phi) is 5.64. The molecule has 37 heavy (non-hydrogen) atoms. The van der Waals surface area contributed by atoms with Crippen LogP contribution in [-0.2, 0) is 18.3 Å². The minimum absolute atomic E-state index is 0.0882. The summed E-state index contributed by atoms with van der Waals surface area (Å²) in [6, 6.07) is 22.3. The summed E-state index contributed by atoms with van der Waals surface area (Å²) in [6.07, 6.45) is 6.71. The summed E-state index contributed by atoms with van der Waals surface area (Å²) in [7, 11) is 3.66. The molecule has 5 aromatic rings. The fourth-order valence-corrected chi connectivity index (χ4v) is 5.09. The van der Waals surface area contributed by atoms with Gasteiger partial charge in [0, 0.05) is 58.9 Å². The number of nitrogens with zero attached hydrogens (tertiary/aromatic N) is 3. The lowest BCUT2D eigenvalue weighted by Gasteiger charge is -2.18. The lowest BCUT2D eigenvalue weighted by atomic mass is 10.1. The van der Waals surface area contributed by atoms with Crippen LogP contribution in [0.1, 0.15) is 22.3 Å². The normalized spacial score (nSPS) is 14.8. The van der Waals surface area contributed by atoms with Crippen LogP contribution >= 0.6 is 0 Å². The Morgan fingerprint density at radius 2 is 1.84 bits per heavy atom. The van der Waals surface area contributed by atoms with E-state index in [4.69, 9.17) is 9.73 Å². The lowest BCUT2D eigenvalue weighted by Crippen LogP contribution is -2.34. The molecule has 0 saturated heterocycles. The highest BCUT2D eigenvalue weighted by atomic mass is 16.5. The molecular formula is C31H28N4O2. The van der Waals surface area contributed by atoms with Crippen molar-refractivity contribution in [3.63, 3.8) is 0 Å². The highest BCUT2D eigenvalue weighted by Crippen LogP contribution is 2.28. The zero-order valence-corrected chi connectivity index (χ0v) is 21.2. The molecule has 0 fully saturated rings. The van der Waals surface area contributed by atoms with Crippen molar-refractivity contribution in [1.82, 2.24) is 14.5 Å². The van der Waals surface area contributed by atoms with Gasteiger partial charge in [-0.1, -0.05) is 29.8 Å². The van der Waals surface area contributed by atoms with Crippen LogP contribution in [0.15, 0.2) is 89.8 Å². The predicted octanol–water partition coefficient (Wildman–Crippen LogP) is 5.85. The van der Waals surface area contributed by atoms with Gasteiger partial charge in [0.25, 0.3) is 5.91 Å². The third-order valence-corrected chi connectivity index (χ3v) is 7.04. The van der Waals surface area contributed by atoms with Crippen molar-refractivity contribution in [2.24, 2.45) is 12.0 Å². The zero-order valence-electron chi connectivity index (χ0n) is 21.2. The quantitative estimate of drug-likeness (QED) is 0.305. The molecule has 0 atom stereocenters. The van der Waals surface area contributed by atoms with Gasteiger partial charge in [-0.05, 0) is 67.4 Å². The number of rotatable bonds is 6. The Bertz CT molecular complexity index is 1700. The zero-order chi connectivity index (χ0) is 25.5. The molecule has 0 aliphatic carbocycles. The highest BCUT2D eigenvalue weighted by molar-refractivity contribution is 6.20. The molecule has 0 radical (unpaired) electrons. The molecule has 184 valence electrons. The molecule has 1 aliphatic heterocycles. The first-order valence-electron chi connectivity index (χ1n) is 12.4. The Labute approximate surface area is 215 Å². The predicted molar refractivity (Wildman–Crippen MR) is 149 cm³/mol. The van der Waals surface area contributed by atoms with Crippen molar-refractivity contribution in [2.75, 3.05) is 13.7 Å². The van der Waals surface area contributed by atoms with Crippen molar-refractivity contribution >= 4 is 39.6 Å². The molecule has 1 aliphatic rings. The van der Waals surface area contributed by atoms with E-state index < -0.39 is 0 Å². The molecule has 6 nitrogen and oxygen atoms in total. The average Bonchev–Trinajstić information content (AvgIpc) is 3.57. The van der Waals surface area contributed by atoms with E-state index in [2.05, 4.69) is 46.8 Å². The molecule has 0 bridgehead atoms. The molecule has 0 unspecified atom stereocenters. The van der Waals surface area contributed by atoms with Gasteiger partial charge >= 0.3 is 0 Å². The number of methoxy groups -OCH3 is 1. The Morgan fingerprint density at radius 1 is 1.03 bits per heavy atom. The number of aromatic amines is 1. The van der Waals surface area contributed by atoms with Gasteiger partial charge in [-0.2, -0.15) is 0 Å². The van der Waals surface area contributed by atoms with Crippen LogP contribution in [0.4, 0.5) is 0 Å². The third kappa shape index (κ3) is 4.10. The third-order valence-electron chi connectivity index (χ3n) is 7.04. The summed E-state index contributed by atoms with van der Waals surface area (Å²) < 4.78 is 7.41. The second-order valence-corrected chi connectivity index (χ2v) is 9.48. The van der Waals surface area contributed by atoms with Gasteiger partial charge < -0.3 is 14.3 Å². The maximum Gasteiger partial charge on any atom is 0.278 e. The van der Waals surface area contributed by atoms with Gasteiger partial charge in [-0.3, -0.25) is 9.69 Å². The molecule has 2 aromatic heterocycles. The molecule has 1 N–H and O–H groups in total. The van der Waals surface area contributed by atoms with Crippen LogP contribution in [-0.4, -0.2) is 39.8 Å². The summed E-state index contributed by atoms with van der Waals surface area (Å²) in [6.45, 7) is 2.62. The number of amidine groups is 1. The number of aliphatic imine (C=N–C) groups is 1. The molecular weight excluding hydrogens is 460 g/mol. The van der Waals surface area contributed by atoms with Crippen LogP contribution < -0.4 is 4.74 Å². The number of hydrogen-bond donors (Lipinski definition) is 1. The lowest BCUT2D eigenvalue weighted by molar-refractivity contribution is -0.122. The van der Waals surface area contributed by atoms with Gasteiger partial charge in [-0.15, -0.1) is 0 Å². The summed E-state index contributed by atoms with van der Waals surface area (Å²) in [4.78, 5) is 23.8. The molecule has 6 heteroatoms. The number of para-hydroxylation sites is 1. The number of nitrogens with one attached hydrogen (secondary N) is 1.